The highest BCUT2D eigenvalue weighted by molar-refractivity contribution is 7.92. The topological polar surface area (TPSA) is 68.7 Å². The van der Waals surface area contributed by atoms with E-state index in [0.29, 0.717) is 43.5 Å². The van der Waals surface area contributed by atoms with Crippen LogP contribution in [-0.2, 0) is 9.84 Å². The third-order valence-corrected chi connectivity index (χ3v) is 8.72. The largest absolute Gasteiger partial charge is 0.493 e. The van der Waals surface area contributed by atoms with Crippen molar-refractivity contribution in [1.82, 2.24) is 4.98 Å². The van der Waals surface area contributed by atoms with Crippen LogP contribution in [0.3, 0.4) is 0 Å². The number of halogens is 2. The Labute approximate surface area is 189 Å². The zero-order valence-electron chi connectivity index (χ0n) is 17.5. The normalized spacial score (nSPS) is 15.1. The molecule has 1 aliphatic rings. The average molecular weight is 481 g/mol. The molecule has 0 saturated carbocycles. The maximum atomic E-state index is 14.1. The van der Waals surface area contributed by atoms with E-state index in [4.69, 9.17) is 14.5 Å². The number of piperidine rings is 1. The highest BCUT2D eigenvalue weighted by Crippen LogP contribution is 2.35. The van der Waals surface area contributed by atoms with Crippen LogP contribution in [0.5, 0.6) is 11.5 Å². The summed E-state index contributed by atoms with van der Waals surface area (Å²) in [5, 5.41) is 2.01. The van der Waals surface area contributed by atoms with Crippen LogP contribution >= 0.6 is 11.3 Å². The van der Waals surface area contributed by atoms with Gasteiger partial charge in [0.25, 0.3) is 0 Å². The Kier molecular flexibility index (Phi) is 6.34. The van der Waals surface area contributed by atoms with Gasteiger partial charge in [-0.05, 0) is 43.2 Å². The number of anilines is 1. The van der Waals surface area contributed by atoms with Crippen LogP contribution in [0.4, 0.5) is 13.9 Å². The molecule has 0 radical (unpaired) electrons. The van der Waals surface area contributed by atoms with Crippen LogP contribution in [0.1, 0.15) is 12.8 Å². The number of rotatable bonds is 6. The zero-order chi connectivity index (χ0) is 22.9. The van der Waals surface area contributed by atoms with Crippen molar-refractivity contribution in [2.24, 2.45) is 0 Å². The van der Waals surface area contributed by atoms with Crippen LogP contribution < -0.4 is 14.4 Å². The van der Waals surface area contributed by atoms with Gasteiger partial charge in [0.1, 0.15) is 16.5 Å². The van der Waals surface area contributed by atoms with Crippen LogP contribution in [-0.4, -0.2) is 46.0 Å². The quantitative estimate of drug-likeness (QED) is 0.482. The van der Waals surface area contributed by atoms with Crippen molar-refractivity contribution in [3.05, 3.63) is 53.4 Å². The summed E-state index contributed by atoms with van der Waals surface area (Å²) < 4.78 is 63.5. The van der Waals surface area contributed by atoms with E-state index in [2.05, 4.69) is 0 Å². The lowest BCUT2D eigenvalue weighted by Gasteiger charge is -2.31. The van der Waals surface area contributed by atoms with Gasteiger partial charge in [0.15, 0.2) is 26.5 Å². The molecule has 10 heteroatoms. The third-order valence-electron chi connectivity index (χ3n) is 5.52. The minimum Gasteiger partial charge on any atom is -0.493 e. The molecule has 2 heterocycles. The van der Waals surface area contributed by atoms with Gasteiger partial charge in [-0.3, -0.25) is 0 Å². The molecule has 0 atom stereocenters. The molecule has 0 unspecified atom stereocenters. The van der Waals surface area contributed by atoms with Crippen LogP contribution in [0.15, 0.2) is 46.7 Å². The lowest BCUT2D eigenvalue weighted by atomic mass is 10.1. The summed E-state index contributed by atoms with van der Waals surface area (Å²) >= 11 is 1.48. The van der Waals surface area contributed by atoms with Crippen LogP contribution in [0.2, 0.25) is 0 Å². The number of hydrogen-bond acceptors (Lipinski definition) is 7. The summed E-state index contributed by atoms with van der Waals surface area (Å²) in [6.07, 6.45) is 0.675. The van der Waals surface area contributed by atoms with Gasteiger partial charge in [-0.2, -0.15) is 0 Å². The first-order valence-electron chi connectivity index (χ1n) is 9.95. The molecule has 0 aliphatic carbocycles. The first-order valence-corrected chi connectivity index (χ1v) is 12.4. The Morgan fingerprint density at radius 2 is 1.75 bits per heavy atom. The first-order chi connectivity index (χ1) is 15.3. The summed E-state index contributed by atoms with van der Waals surface area (Å²) in [4.78, 5) is 6.29. The van der Waals surface area contributed by atoms with Gasteiger partial charge in [0, 0.05) is 30.1 Å². The molecule has 0 spiro atoms. The molecule has 3 aromatic rings. The third kappa shape index (κ3) is 4.29. The van der Waals surface area contributed by atoms with Gasteiger partial charge in [-0.1, -0.05) is 0 Å². The maximum Gasteiger partial charge on any atom is 0.185 e. The Morgan fingerprint density at radius 3 is 2.41 bits per heavy atom. The number of aromatic nitrogens is 1. The minimum atomic E-state index is -3.88. The van der Waals surface area contributed by atoms with Gasteiger partial charge in [0.05, 0.1) is 25.2 Å². The number of methoxy groups -OCH3 is 2. The van der Waals surface area contributed by atoms with Gasteiger partial charge < -0.3 is 14.4 Å². The molecule has 2 aromatic carbocycles. The Balaban J connectivity index is 1.47. The fourth-order valence-corrected chi connectivity index (χ4v) is 6.45. The summed E-state index contributed by atoms with van der Waals surface area (Å²) in [6.45, 7) is 0.956. The fourth-order valence-electron chi connectivity index (χ4n) is 3.78. The molecule has 6 nitrogen and oxygen atoms in total. The van der Waals surface area contributed by atoms with E-state index in [1.807, 2.05) is 28.5 Å². The number of ether oxygens (including phenoxy) is 2. The minimum absolute atomic E-state index is 0.338. The number of nitrogens with zero attached hydrogens (tertiary/aromatic N) is 2. The monoisotopic (exact) mass is 480 g/mol. The number of thiazole rings is 1. The molecule has 4 rings (SSSR count). The smallest absolute Gasteiger partial charge is 0.185 e. The standard InChI is InChI=1S/C22H22F2N2O4S2/c1-29-19-5-3-14(11-20(19)30-2)18-13-31-22(25-18)26-9-7-16(8-10-26)32(27,28)21-6-4-15(23)12-17(21)24/h3-6,11-13,16H,7-10H2,1-2H3. The van der Waals surface area contributed by atoms with Crippen LogP contribution in [0, 0.1) is 11.6 Å². The summed E-state index contributed by atoms with van der Waals surface area (Å²) in [5.74, 6) is -0.608. The SMILES string of the molecule is COc1ccc(-c2csc(N3CCC(S(=O)(=O)c4ccc(F)cc4F)CC3)n2)cc1OC. The Morgan fingerprint density at radius 1 is 1.03 bits per heavy atom. The zero-order valence-corrected chi connectivity index (χ0v) is 19.2. The van der Waals surface area contributed by atoms with E-state index in [9.17, 15) is 17.2 Å². The molecular formula is C22H22F2N2O4S2. The summed E-state index contributed by atoms with van der Waals surface area (Å²) in [7, 11) is -0.729. The van der Waals surface area contributed by atoms with Crippen molar-refractivity contribution < 1.29 is 26.7 Å². The number of benzene rings is 2. The predicted octanol–water partition coefficient (Wildman–Crippen LogP) is 4.55. The summed E-state index contributed by atoms with van der Waals surface area (Å²) in [6, 6.07) is 8.15. The molecule has 0 amide bonds. The number of hydrogen-bond donors (Lipinski definition) is 0. The molecule has 1 fully saturated rings. The van der Waals surface area contributed by atoms with Gasteiger partial charge in [0.2, 0.25) is 0 Å². The maximum absolute atomic E-state index is 14.1. The van der Waals surface area contributed by atoms with Crippen molar-refractivity contribution in [2.45, 2.75) is 23.0 Å². The highest BCUT2D eigenvalue weighted by Gasteiger charge is 2.34. The van der Waals surface area contributed by atoms with Gasteiger partial charge in [-0.15, -0.1) is 11.3 Å². The fraction of sp³-hybridized carbons (Fsp3) is 0.318. The second-order valence-corrected chi connectivity index (χ2v) is 10.4. The van der Waals surface area contributed by atoms with Crippen molar-refractivity contribution in [2.75, 3.05) is 32.2 Å². The van der Waals surface area contributed by atoms with E-state index in [-0.39, 0.29) is 0 Å². The van der Waals surface area contributed by atoms with E-state index in [1.165, 1.54) is 11.3 Å². The first kappa shape index (κ1) is 22.5. The van der Waals surface area contributed by atoms with E-state index in [1.54, 1.807) is 14.2 Å². The van der Waals surface area contributed by atoms with E-state index < -0.39 is 31.6 Å². The highest BCUT2D eigenvalue weighted by atomic mass is 32.2. The average Bonchev–Trinajstić information content (AvgIpc) is 3.28. The van der Waals surface area contributed by atoms with Crippen LogP contribution in [0.25, 0.3) is 11.3 Å². The molecular weight excluding hydrogens is 458 g/mol. The number of sulfone groups is 1. The Bertz CT molecular complexity index is 1220. The molecule has 1 aromatic heterocycles. The second kappa shape index (κ2) is 9.03. The second-order valence-electron chi connectivity index (χ2n) is 7.39. The molecule has 0 bridgehead atoms. The molecule has 1 aliphatic heterocycles. The summed E-state index contributed by atoms with van der Waals surface area (Å²) in [5.41, 5.74) is 1.67. The van der Waals surface area contributed by atoms with Crippen molar-refractivity contribution in [1.29, 1.82) is 0 Å². The van der Waals surface area contributed by atoms with E-state index >= 15 is 0 Å². The lowest BCUT2D eigenvalue weighted by Crippen LogP contribution is -2.39. The molecule has 0 N–H and O–H groups in total. The van der Waals surface area contributed by atoms with Crippen molar-refractivity contribution >= 4 is 26.3 Å². The van der Waals surface area contributed by atoms with Crippen molar-refractivity contribution in [3.8, 4) is 22.8 Å². The van der Waals surface area contributed by atoms with Gasteiger partial charge in [-0.25, -0.2) is 22.2 Å². The van der Waals surface area contributed by atoms with E-state index in [0.717, 1.165) is 28.5 Å². The lowest BCUT2D eigenvalue weighted by molar-refractivity contribution is 0.355. The Hall–Kier alpha value is -2.72. The molecule has 170 valence electrons. The van der Waals surface area contributed by atoms with Crippen molar-refractivity contribution in [3.63, 3.8) is 0 Å². The molecule has 32 heavy (non-hydrogen) atoms. The molecule has 1 saturated heterocycles. The van der Waals surface area contributed by atoms with Gasteiger partial charge >= 0.3 is 0 Å². The predicted molar refractivity (Wildman–Crippen MR) is 119 cm³/mol.